The van der Waals surface area contributed by atoms with Gasteiger partial charge in [0.2, 0.25) is 0 Å². The molecule has 0 fully saturated rings. The molecule has 5 nitrogen and oxygen atoms in total. The first kappa shape index (κ1) is 14.8. The molecule has 0 saturated heterocycles. The van der Waals surface area contributed by atoms with Gasteiger partial charge in [-0.05, 0) is 36.4 Å². The molecule has 1 aromatic heterocycles. The maximum absolute atomic E-state index is 12.0. The number of methoxy groups -OCH3 is 1. The summed E-state index contributed by atoms with van der Waals surface area (Å²) < 4.78 is 5.04. The van der Waals surface area contributed by atoms with Crippen LogP contribution in [0.4, 0.5) is 5.69 Å². The van der Waals surface area contributed by atoms with Gasteiger partial charge in [-0.3, -0.25) is 4.79 Å². The van der Waals surface area contributed by atoms with E-state index in [1.807, 2.05) is 0 Å². The van der Waals surface area contributed by atoms with Crippen molar-refractivity contribution >= 4 is 35.0 Å². The number of aliphatic carboxylic acids is 1. The summed E-state index contributed by atoms with van der Waals surface area (Å²) >= 11 is 1.31. The van der Waals surface area contributed by atoms with Gasteiger partial charge >= 0.3 is 5.97 Å². The SMILES string of the molecule is COc1ccc(NC(=O)c2csc(C=CC(=O)O)c2)cc1. The van der Waals surface area contributed by atoms with Crippen LogP contribution in [0.3, 0.4) is 0 Å². The normalized spacial score (nSPS) is 10.5. The molecule has 6 heteroatoms. The van der Waals surface area contributed by atoms with Crippen LogP contribution in [0, 0.1) is 0 Å². The Balaban J connectivity index is 2.04. The fourth-order valence-corrected chi connectivity index (χ4v) is 2.37. The summed E-state index contributed by atoms with van der Waals surface area (Å²) in [6, 6.07) is 8.64. The molecule has 0 aliphatic rings. The first-order chi connectivity index (χ1) is 10.1. The van der Waals surface area contributed by atoms with Crippen LogP contribution in [-0.4, -0.2) is 24.1 Å². The maximum Gasteiger partial charge on any atom is 0.328 e. The number of anilines is 1. The minimum Gasteiger partial charge on any atom is -0.497 e. The van der Waals surface area contributed by atoms with Crippen molar-refractivity contribution in [1.29, 1.82) is 0 Å². The third kappa shape index (κ3) is 4.19. The van der Waals surface area contributed by atoms with E-state index in [2.05, 4.69) is 5.32 Å². The number of benzene rings is 1. The Labute approximate surface area is 125 Å². The third-order valence-corrected chi connectivity index (χ3v) is 3.52. The molecule has 2 N–H and O–H groups in total. The number of nitrogens with one attached hydrogen (secondary N) is 1. The summed E-state index contributed by atoms with van der Waals surface area (Å²) in [6.07, 6.45) is 2.49. The van der Waals surface area contributed by atoms with Crippen LogP contribution in [0.2, 0.25) is 0 Å². The molecule has 2 rings (SSSR count). The molecule has 0 spiro atoms. The van der Waals surface area contributed by atoms with E-state index < -0.39 is 5.97 Å². The minimum absolute atomic E-state index is 0.244. The number of thiophene rings is 1. The van der Waals surface area contributed by atoms with Gasteiger partial charge < -0.3 is 15.2 Å². The molecular weight excluding hydrogens is 290 g/mol. The van der Waals surface area contributed by atoms with Crippen LogP contribution in [0.15, 0.2) is 41.8 Å². The van der Waals surface area contributed by atoms with E-state index >= 15 is 0 Å². The summed E-state index contributed by atoms with van der Waals surface area (Å²) in [5.74, 6) is -0.552. The first-order valence-corrected chi connectivity index (χ1v) is 6.91. The van der Waals surface area contributed by atoms with Gasteiger partial charge in [-0.15, -0.1) is 11.3 Å². The van der Waals surface area contributed by atoms with Crippen LogP contribution in [0.1, 0.15) is 15.2 Å². The number of carboxylic acids is 1. The second-order valence-electron chi connectivity index (χ2n) is 4.09. The lowest BCUT2D eigenvalue weighted by Gasteiger charge is -2.04. The molecule has 0 radical (unpaired) electrons. The highest BCUT2D eigenvalue weighted by Crippen LogP contribution is 2.19. The van der Waals surface area contributed by atoms with Gasteiger partial charge in [0.1, 0.15) is 5.75 Å². The van der Waals surface area contributed by atoms with Gasteiger partial charge in [-0.25, -0.2) is 4.79 Å². The van der Waals surface area contributed by atoms with Crippen molar-refractivity contribution in [1.82, 2.24) is 0 Å². The Morgan fingerprint density at radius 3 is 2.62 bits per heavy atom. The van der Waals surface area contributed by atoms with Crippen molar-refractivity contribution in [3.05, 3.63) is 52.2 Å². The van der Waals surface area contributed by atoms with Gasteiger partial charge in [0.25, 0.3) is 5.91 Å². The molecule has 0 aliphatic heterocycles. The van der Waals surface area contributed by atoms with Gasteiger partial charge in [-0.1, -0.05) is 0 Å². The maximum atomic E-state index is 12.0. The lowest BCUT2D eigenvalue weighted by Crippen LogP contribution is -2.10. The Morgan fingerprint density at radius 1 is 1.29 bits per heavy atom. The number of amides is 1. The smallest absolute Gasteiger partial charge is 0.328 e. The average Bonchev–Trinajstić information content (AvgIpc) is 2.95. The zero-order chi connectivity index (χ0) is 15.2. The van der Waals surface area contributed by atoms with Gasteiger partial charge in [0, 0.05) is 22.0 Å². The fraction of sp³-hybridized carbons (Fsp3) is 0.0667. The van der Waals surface area contributed by atoms with Gasteiger partial charge in [0.05, 0.1) is 12.7 Å². The molecule has 108 valence electrons. The minimum atomic E-state index is -1.02. The number of carbonyl (C=O) groups is 2. The summed E-state index contributed by atoms with van der Waals surface area (Å²) in [4.78, 5) is 23.2. The topological polar surface area (TPSA) is 75.6 Å². The highest BCUT2D eigenvalue weighted by molar-refractivity contribution is 7.11. The van der Waals surface area contributed by atoms with E-state index in [0.29, 0.717) is 21.9 Å². The van der Waals surface area contributed by atoms with Gasteiger partial charge in [-0.2, -0.15) is 0 Å². The summed E-state index contributed by atoms with van der Waals surface area (Å²) in [6.45, 7) is 0. The zero-order valence-corrected chi connectivity index (χ0v) is 12.0. The van der Waals surface area contributed by atoms with Crippen LogP contribution < -0.4 is 10.1 Å². The number of hydrogen-bond donors (Lipinski definition) is 2. The Hall–Kier alpha value is -2.60. The molecule has 0 atom stereocenters. The molecule has 0 aliphatic carbocycles. The molecular formula is C15H13NO4S. The fourth-order valence-electron chi connectivity index (χ4n) is 1.59. The predicted octanol–water partition coefficient (Wildman–Crippen LogP) is 3.11. The summed E-state index contributed by atoms with van der Waals surface area (Å²) in [5.41, 5.74) is 1.15. The molecule has 0 saturated carbocycles. The third-order valence-electron chi connectivity index (χ3n) is 2.62. The number of rotatable bonds is 5. The van der Waals surface area contributed by atoms with Crippen molar-refractivity contribution < 1.29 is 19.4 Å². The molecule has 0 bridgehead atoms. The zero-order valence-electron chi connectivity index (χ0n) is 11.2. The van der Waals surface area contributed by atoms with E-state index in [9.17, 15) is 9.59 Å². The molecule has 0 unspecified atom stereocenters. The van der Waals surface area contributed by atoms with Crippen LogP contribution >= 0.6 is 11.3 Å². The summed E-state index contributed by atoms with van der Waals surface area (Å²) in [7, 11) is 1.57. The first-order valence-electron chi connectivity index (χ1n) is 6.03. The van der Waals surface area contributed by atoms with Crippen LogP contribution in [0.5, 0.6) is 5.75 Å². The van der Waals surface area contributed by atoms with Crippen LogP contribution in [0.25, 0.3) is 6.08 Å². The van der Waals surface area contributed by atoms with Crippen molar-refractivity contribution in [2.75, 3.05) is 12.4 Å². The highest BCUT2D eigenvalue weighted by atomic mass is 32.1. The number of hydrogen-bond acceptors (Lipinski definition) is 4. The van der Waals surface area contributed by atoms with Crippen molar-refractivity contribution in [3.8, 4) is 5.75 Å². The largest absolute Gasteiger partial charge is 0.497 e. The van der Waals surface area contributed by atoms with E-state index in [0.717, 1.165) is 6.08 Å². The number of carbonyl (C=O) groups excluding carboxylic acids is 1. The standard InChI is InChI=1S/C15H13NO4S/c1-20-12-4-2-11(3-5-12)16-15(19)10-8-13(21-9-10)6-7-14(17)18/h2-9H,1H3,(H,16,19)(H,17,18). The predicted molar refractivity (Wildman–Crippen MR) is 81.9 cm³/mol. The molecule has 1 aromatic carbocycles. The second kappa shape index (κ2) is 6.71. The lowest BCUT2D eigenvalue weighted by molar-refractivity contribution is -0.131. The second-order valence-corrected chi connectivity index (χ2v) is 5.03. The van der Waals surface area contributed by atoms with E-state index in [4.69, 9.17) is 9.84 Å². The quantitative estimate of drug-likeness (QED) is 0.832. The Bertz CT molecular complexity index is 673. The summed E-state index contributed by atoms with van der Waals surface area (Å²) in [5, 5.41) is 13.0. The highest BCUT2D eigenvalue weighted by Gasteiger charge is 2.08. The Morgan fingerprint density at radius 2 is 2.00 bits per heavy atom. The van der Waals surface area contributed by atoms with Crippen LogP contribution in [-0.2, 0) is 4.79 Å². The van der Waals surface area contributed by atoms with Crippen molar-refractivity contribution in [2.24, 2.45) is 0 Å². The van der Waals surface area contributed by atoms with Crippen molar-refractivity contribution in [2.45, 2.75) is 0 Å². The molecule has 1 heterocycles. The monoisotopic (exact) mass is 303 g/mol. The van der Waals surface area contributed by atoms with E-state index in [1.165, 1.54) is 17.4 Å². The molecule has 2 aromatic rings. The molecule has 1 amide bonds. The van der Waals surface area contributed by atoms with Gasteiger partial charge in [0.15, 0.2) is 0 Å². The van der Waals surface area contributed by atoms with E-state index in [1.54, 1.807) is 42.8 Å². The average molecular weight is 303 g/mol. The van der Waals surface area contributed by atoms with E-state index in [-0.39, 0.29) is 5.91 Å². The van der Waals surface area contributed by atoms with Crippen molar-refractivity contribution in [3.63, 3.8) is 0 Å². The number of ether oxygens (including phenoxy) is 1. The lowest BCUT2D eigenvalue weighted by atomic mass is 10.2. The molecule has 21 heavy (non-hydrogen) atoms. The number of carboxylic acid groups (broad SMARTS) is 1. The Kier molecular flexibility index (Phi) is 4.73.